The van der Waals surface area contributed by atoms with Crippen molar-refractivity contribution in [3.8, 4) is 21.1 Å². The quantitative estimate of drug-likeness (QED) is 0.721. The summed E-state index contributed by atoms with van der Waals surface area (Å²) in [7, 11) is -2.05. The van der Waals surface area contributed by atoms with Crippen molar-refractivity contribution in [2.75, 3.05) is 6.26 Å². The van der Waals surface area contributed by atoms with Crippen molar-refractivity contribution in [2.24, 2.45) is 7.05 Å². The molecule has 3 heterocycles. The molecule has 1 N–H and O–H groups in total. The maximum absolute atomic E-state index is 13.4. The van der Waals surface area contributed by atoms with Crippen LogP contribution < -0.4 is 4.72 Å². The Hall–Kier alpha value is -2.66. The van der Waals surface area contributed by atoms with E-state index in [2.05, 4.69) is 15.1 Å². The fourth-order valence-electron chi connectivity index (χ4n) is 2.30. The number of sulfonamides is 1. The molecular formula is C15H14FN5O3S2. The molecule has 3 aromatic rings. The highest BCUT2D eigenvalue weighted by Crippen LogP contribution is 2.35. The molecule has 0 saturated carbocycles. The van der Waals surface area contributed by atoms with Gasteiger partial charge < -0.3 is 0 Å². The van der Waals surface area contributed by atoms with Crippen LogP contribution in [-0.4, -0.2) is 40.3 Å². The Bertz CT molecular complexity index is 1100. The molecule has 3 rings (SSSR count). The molecule has 0 unspecified atom stereocenters. The van der Waals surface area contributed by atoms with Gasteiger partial charge in [-0.25, -0.2) is 22.5 Å². The number of pyridine rings is 1. The number of amides is 1. The van der Waals surface area contributed by atoms with Crippen molar-refractivity contribution >= 4 is 27.3 Å². The largest absolute Gasteiger partial charge is 0.285 e. The van der Waals surface area contributed by atoms with Crippen molar-refractivity contribution < 1.29 is 17.6 Å². The second kappa shape index (κ2) is 6.57. The van der Waals surface area contributed by atoms with E-state index in [0.29, 0.717) is 22.0 Å². The van der Waals surface area contributed by atoms with Crippen LogP contribution in [0, 0.1) is 12.7 Å². The van der Waals surface area contributed by atoms with Gasteiger partial charge in [-0.15, -0.1) is 11.3 Å². The van der Waals surface area contributed by atoms with E-state index in [0.717, 1.165) is 17.3 Å². The Morgan fingerprint density at radius 3 is 2.69 bits per heavy atom. The third-order valence-corrected chi connectivity index (χ3v) is 5.16. The van der Waals surface area contributed by atoms with E-state index in [4.69, 9.17) is 0 Å². The number of thiazole rings is 1. The minimum atomic E-state index is -3.68. The second-order valence-electron chi connectivity index (χ2n) is 5.57. The number of hydrogen-bond donors (Lipinski definition) is 1. The van der Waals surface area contributed by atoms with Crippen LogP contribution in [-0.2, 0) is 17.1 Å². The van der Waals surface area contributed by atoms with Crippen LogP contribution in [0.2, 0.25) is 0 Å². The summed E-state index contributed by atoms with van der Waals surface area (Å²) in [5.74, 6) is -1.27. The van der Waals surface area contributed by atoms with Crippen molar-refractivity contribution in [3.63, 3.8) is 0 Å². The van der Waals surface area contributed by atoms with Crippen LogP contribution in [0.25, 0.3) is 21.1 Å². The van der Waals surface area contributed by atoms with Gasteiger partial charge in [-0.1, -0.05) is 0 Å². The van der Waals surface area contributed by atoms with Crippen LogP contribution >= 0.6 is 11.3 Å². The maximum atomic E-state index is 13.4. The molecule has 0 saturated heterocycles. The molecule has 0 spiro atoms. The zero-order valence-corrected chi connectivity index (χ0v) is 15.7. The first-order chi connectivity index (χ1) is 12.1. The molecule has 8 nitrogen and oxygen atoms in total. The van der Waals surface area contributed by atoms with Gasteiger partial charge >= 0.3 is 0 Å². The topological polar surface area (TPSA) is 107 Å². The molecule has 0 fully saturated rings. The van der Waals surface area contributed by atoms with E-state index in [9.17, 15) is 17.6 Å². The minimum absolute atomic E-state index is 0.0327. The zero-order chi connectivity index (χ0) is 19.1. The lowest BCUT2D eigenvalue weighted by molar-refractivity contribution is 0.0976. The molecule has 1 amide bonds. The third kappa shape index (κ3) is 3.78. The van der Waals surface area contributed by atoms with Crippen molar-refractivity contribution in [3.05, 3.63) is 41.7 Å². The highest BCUT2D eigenvalue weighted by molar-refractivity contribution is 7.89. The van der Waals surface area contributed by atoms with Crippen LogP contribution in [0.4, 0.5) is 4.39 Å². The summed E-state index contributed by atoms with van der Waals surface area (Å²) in [4.78, 5) is 21.0. The third-order valence-electron chi connectivity index (χ3n) is 3.37. The van der Waals surface area contributed by atoms with Gasteiger partial charge in [0.05, 0.1) is 28.7 Å². The lowest BCUT2D eigenvalue weighted by Gasteiger charge is -1.98. The summed E-state index contributed by atoms with van der Waals surface area (Å²) in [6.07, 6.45) is 3.51. The van der Waals surface area contributed by atoms with E-state index in [1.807, 2.05) is 4.72 Å². The summed E-state index contributed by atoms with van der Waals surface area (Å²) in [6, 6.07) is 2.82. The SMILES string of the molecule is Cc1nc(-c2cncc(F)c2)sc1-c1cc(C(=O)NS(C)(=O)=O)nn1C. The zero-order valence-electron chi connectivity index (χ0n) is 14.0. The van der Waals surface area contributed by atoms with Crippen molar-refractivity contribution in [1.29, 1.82) is 0 Å². The van der Waals surface area contributed by atoms with Gasteiger partial charge in [0.15, 0.2) is 5.69 Å². The molecule has 0 aliphatic carbocycles. The number of hydrogen-bond acceptors (Lipinski definition) is 7. The second-order valence-corrected chi connectivity index (χ2v) is 8.31. The molecule has 136 valence electrons. The molecule has 0 radical (unpaired) electrons. The molecular weight excluding hydrogens is 381 g/mol. The van der Waals surface area contributed by atoms with Gasteiger partial charge in [-0.05, 0) is 19.1 Å². The van der Waals surface area contributed by atoms with Crippen LogP contribution in [0.5, 0.6) is 0 Å². The Kier molecular flexibility index (Phi) is 4.59. The van der Waals surface area contributed by atoms with Crippen molar-refractivity contribution in [1.82, 2.24) is 24.5 Å². The summed E-state index contributed by atoms with van der Waals surface area (Å²) < 4.78 is 39.1. The van der Waals surface area contributed by atoms with Crippen LogP contribution in [0.15, 0.2) is 24.5 Å². The summed E-state index contributed by atoms with van der Waals surface area (Å²) in [5.41, 5.74) is 1.78. The van der Waals surface area contributed by atoms with Gasteiger partial charge in [-0.2, -0.15) is 5.10 Å². The number of carbonyl (C=O) groups is 1. The molecule has 0 aromatic carbocycles. The van der Waals surface area contributed by atoms with E-state index < -0.39 is 21.7 Å². The van der Waals surface area contributed by atoms with Gasteiger partial charge in [0.2, 0.25) is 10.0 Å². The standard InChI is InChI=1S/C15H14FN5O3S2/c1-8-13(25-15(18-8)9-4-10(16)7-17-6-9)12-5-11(19-21(12)2)14(22)20-26(3,23)24/h4-7H,1-3H3,(H,20,22). The van der Waals surface area contributed by atoms with Crippen molar-refractivity contribution in [2.45, 2.75) is 6.92 Å². The Morgan fingerprint density at radius 2 is 2.04 bits per heavy atom. The molecule has 0 aliphatic rings. The number of nitrogens with zero attached hydrogens (tertiary/aromatic N) is 4. The first-order valence-corrected chi connectivity index (χ1v) is 10.00. The fraction of sp³-hybridized carbons (Fsp3) is 0.200. The highest BCUT2D eigenvalue weighted by Gasteiger charge is 2.20. The summed E-state index contributed by atoms with van der Waals surface area (Å²) in [5, 5.41) is 4.63. The van der Waals surface area contributed by atoms with Gasteiger partial charge in [-0.3, -0.25) is 14.5 Å². The average molecular weight is 395 g/mol. The first-order valence-electron chi connectivity index (χ1n) is 7.29. The van der Waals surface area contributed by atoms with Gasteiger partial charge in [0.25, 0.3) is 5.91 Å². The summed E-state index contributed by atoms with van der Waals surface area (Å²) in [6.45, 7) is 1.78. The van der Waals surface area contributed by atoms with Crippen LogP contribution in [0.1, 0.15) is 16.2 Å². The van der Waals surface area contributed by atoms with E-state index in [1.165, 1.54) is 34.3 Å². The molecule has 11 heteroatoms. The highest BCUT2D eigenvalue weighted by atomic mass is 32.2. The lowest BCUT2D eigenvalue weighted by atomic mass is 10.2. The molecule has 3 aromatic heterocycles. The molecule has 26 heavy (non-hydrogen) atoms. The van der Waals surface area contributed by atoms with E-state index in [-0.39, 0.29) is 5.69 Å². The van der Waals surface area contributed by atoms with Gasteiger partial charge in [0, 0.05) is 18.8 Å². The number of nitrogens with one attached hydrogen (secondary N) is 1. The number of aryl methyl sites for hydroxylation is 2. The number of carbonyl (C=O) groups excluding carboxylic acids is 1. The number of aromatic nitrogens is 4. The summed E-state index contributed by atoms with van der Waals surface area (Å²) >= 11 is 1.30. The Labute approximate surface area is 152 Å². The van der Waals surface area contributed by atoms with E-state index >= 15 is 0 Å². The fourth-order valence-corrected chi connectivity index (χ4v) is 3.83. The number of halogens is 1. The Morgan fingerprint density at radius 1 is 1.31 bits per heavy atom. The normalized spacial score (nSPS) is 11.5. The predicted molar refractivity (Wildman–Crippen MR) is 94.6 cm³/mol. The lowest BCUT2D eigenvalue weighted by Crippen LogP contribution is -2.29. The number of rotatable bonds is 4. The molecule has 0 atom stereocenters. The average Bonchev–Trinajstić information content (AvgIpc) is 3.08. The maximum Gasteiger partial charge on any atom is 0.285 e. The van der Waals surface area contributed by atoms with E-state index in [1.54, 1.807) is 14.0 Å². The predicted octanol–water partition coefficient (Wildman–Crippen LogP) is 1.74. The van der Waals surface area contributed by atoms with Crippen LogP contribution in [0.3, 0.4) is 0 Å². The first kappa shape index (κ1) is 18.1. The van der Waals surface area contributed by atoms with Gasteiger partial charge in [0.1, 0.15) is 10.8 Å². The minimum Gasteiger partial charge on any atom is -0.266 e. The molecule has 0 bridgehead atoms. The molecule has 0 aliphatic heterocycles. The monoisotopic (exact) mass is 395 g/mol. The smallest absolute Gasteiger partial charge is 0.266 e. The Balaban J connectivity index is 1.99.